The van der Waals surface area contributed by atoms with Crippen molar-refractivity contribution in [1.82, 2.24) is 5.32 Å². The van der Waals surface area contributed by atoms with Crippen LogP contribution in [-0.4, -0.2) is 25.0 Å². The number of esters is 1. The van der Waals surface area contributed by atoms with E-state index in [0.717, 1.165) is 19.3 Å². The van der Waals surface area contributed by atoms with Gasteiger partial charge in [0.05, 0.1) is 0 Å². The molecule has 0 saturated heterocycles. The summed E-state index contributed by atoms with van der Waals surface area (Å²) >= 11 is 1.51. The van der Waals surface area contributed by atoms with Crippen molar-refractivity contribution in [2.24, 2.45) is 0 Å². The van der Waals surface area contributed by atoms with Crippen molar-refractivity contribution in [3.8, 4) is 0 Å². The Morgan fingerprint density at radius 1 is 1.37 bits per heavy atom. The molecule has 1 heterocycles. The van der Waals surface area contributed by atoms with Crippen LogP contribution in [-0.2, 0) is 22.4 Å². The summed E-state index contributed by atoms with van der Waals surface area (Å²) in [5, 5.41) is 2.68. The Morgan fingerprint density at radius 3 is 2.89 bits per heavy atom. The fourth-order valence-electron chi connectivity index (χ4n) is 2.11. The minimum atomic E-state index is -0.383. The number of carbonyl (C=O) groups excluding carboxylic acids is 2. The lowest BCUT2D eigenvalue weighted by Gasteiger charge is -2.08. The summed E-state index contributed by atoms with van der Waals surface area (Å²) < 4.78 is 5.02. The third-order valence-corrected chi connectivity index (χ3v) is 4.32. The van der Waals surface area contributed by atoms with E-state index in [-0.39, 0.29) is 18.5 Å². The Hall–Kier alpha value is -1.36. The maximum absolute atomic E-state index is 11.8. The second kappa shape index (κ2) is 6.70. The van der Waals surface area contributed by atoms with Crippen LogP contribution < -0.4 is 5.32 Å². The van der Waals surface area contributed by atoms with E-state index in [9.17, 15) is 9.59 Å². The first-order valence-corrected chi connectivity index (χ1v) is 7.57. The molecule has 0 atom stereocenters. The van der Waals surface area contributed by atoms with Crippen LogP contribution in [0.25, 0.3) is 0 Å². The SMILES string of the molecule is CCCNC(=O)COC(=O)c1cc2c(s1)CCCC2. The van der Waals surface area contributed by atoms with Crippen LogP contribution in [0.2, 0.25) is 0 Å². The van der Waals surface area contributed by atoms with E-state index in [4.69, 9.17) is 4.74 Å². The summed E-state index contributed by atoms with van der Waals surface area (Å²) in [4.78, 5) is 25.1. The Labute approximate surface area is 117 Å². The fourth-order valence-corrected chi connectivity index (χ4v) is 3.26. The number of fused-ring (bicyclic) bond motifs is 1. The average Bonchev–Trinajstić information content (AvgIpc) is 2.86. The normalized spacial score (nSPS) is 13.7. The van der Waals surface area contributed by atoms with Crippen LogP contribution in [0.4, 0.5) is 0 Å². The number of aryl methyl sites for hydroxylation is 2. The van der Waals surface area contributed by atoms with E-state index < -0.39 is 0 Å². The molecule has 2 rings (SSSR count). The van der Waals surface area contributed by atoms with Crippen molar-refractivity contribution in [3.63, 3.8) is 0 Å². The predicted octanol–water partition coefficient (Wildman–Crippen LogP) is 2.31. The van der Waals surface area contributed by atoms with Crippen LogP contribution >= 0.6 is 11.3 Å². The Bertz CT molecular complexity index is 444. The van der Waals surface area contributed by atoms with Crippen molar-refractivity contribution in [1.29, 1.82) is 0 Å². The molecule has 5 heteroatoms. The molecule has 0 spiro atoms. The summed E-state index contributed by atoms with van der Waals surface area (Å²) in [5.74, 6) is -0.623. The van der Waals surface area contributed by atoms with Crippen molar-refractivity contribution in [2.75, 3.05) is 13.2 Å². The molecule has 1 amide bonds. The Balaban J connectivity index is 1.86. The van der Waals surface area contributed by atoms with E-state index in [1.807, 2.05) is 13.0 Å². The van der Waals surface area contributed by atoms with Gasteiger partial charge in [0.15, 0.2) is 6.61 Å². The largest absolute Gasteiger partial charge is 0.451 e. The molecule has 1 aliphatic rings. The molecule has 1 N–H and O–H groups in total. The van der Waals surface area contributed by atoms with Gasteiger partial charge in [-0.05, 0) is 43.7 Å². The number of carbonyl (C=O) groups is 2. The average molecular weight is 281 g/mol. The summed E-state index contributed by atoms with van der Waals surface area (Å²) in [6.07, 6.45) is 5.37. The zero-order chi connectivity index (χ0) is 13.7. The minimum Gasteiger partial charge on any atom is -0.451 e. The molecule has 0 unspecified atom stereocenters. The minimum absolute atomic E-state index is 0.193. The van der Waals surface area contributed by atoms with Gasteiger partial charge in [-0.3, -0.25) is 4.79 Å². The van der Waals surface area contributed by atoms with E-state index in [0.29, 0.717) is 11.4 Å². The molecule has 0 bridgehead atoms. The van der Waals surface area contributed by atoms with Gasteiger partial charge in [-0.25, -0.2) is 4.79 Å². The molecular weight excluding hydrogens is 262 g/mol. The van der Waals surface area contributed by atoms with Gasteiger partial charge in [-0.1, -0.05) is 6.92 Å². The highest BCUT2D eigenvalue weighted by Crippen LogP contribution is 2.29. The first-order valence-electron chi connectivity index (χ1n) is 6.76. The zero-order valence-corrected chi connectivity index (χ0v) is 12.0. The maximum atomic E-state index is 11.8. The topological polar surface area (TPSA) is 55.4 Å². The molecule has 1 aromatic heterocycles. The lowest BCUT2D eigenvalue weighted by atomic mass is 9.99. The van der Waals surface area contributed by atoms with Gasteiger partial charge in [0.1, 0.15) is 4.88 Å². The number of hydrogen-bond donors (Lipinski definition) is 1. The highest BCUT2D eigenvalue weighted by atomic mass is 32.1. The second-order valence-corrected chi connectivity index (χ2v) is 5.83. The maximum Gasteiger partial charge on any atom is 0.348 e. The van der Waals surface area contributed by atoms with E-state index in [1.54, 1.807) is 0 Å². The summed E-state index contributed by atoms with van der Waals surface area (Å²) in [6, 6.07) is 1.92. The number of rotatable bonds is 5. The first kappa shape index (κ1) is 14.1. The van der Waals surface area contributed by atoms with Gasteiger partial charge in [0.25, 0.3) is 5.91 Å². The van der Waals surface area contributed by atoms with Crippen LogP contribution in [0.5, 0.6) is 0 Å². The Morgan fingerprint density at radius 2 is 2.16 bits per heavy atom. The van der Waals surface area contributed by atoms with Crippen LogP contribution in [0, 0.1) is 0 Å². The molecule has 0 aliphatic heterocycles. The van der Waals surface area contributed by atoms with E-state index >= 15 is 0 Å². The van der Waals surface area contributed by atoms with Gasteiger partial charge < -0.3 is 10.1 Å². The highest BCUT2D eigenvalue weighted by Gasteiger charge is 2.18. The number of hydrogen-bond acceptors (Lipinski definition) is 4. The highest BCUT2D eigenvalue weighted by molar-refractivity contribution is 7.14. The molecule has 1 aliphatic carbocycles. The van der Waals surface area contributed by atoms with Crippen molar-refractivity contribution < 1.29 is 14.3 Å². The second-order valence-electron chi connectivity index (χ2n) is 4.69. The molecular formula is C14H19NO3S. The third kappa shape index (κ3) is 3.80. The van der Waals surface area contributed by atoms with Gasteiger partial charge in [-0.2, -0.15) is 0 Å². The van der Waals surface area contributed by atoms with E-state index in [2.05, 4.69) is 5.32 Å². The van der Waals surface area contributed by atoms with Crippen LogP contribution in [0.3, 0.4) is 0 Å². The quantitative estimate of drug-likeness (QED) is 0.843. The monoisotopic (exact) mass is 281 g/mol. The number of amides is 1. The summed E-state index contributed by atoms with van der Waals surface area (Å²) in [6.45, 7) is 2.40. The summed E-state index contributed by atoms with van der Waals surface area (Å²) in [7, 11) is 0. The van der Waals surface area contributed by atoms with Gasteiger partial charge in [-0.15, -0.1) is 11.3 Å². The molecule has 0 saturated carbocycles. The molecule has 4 nitrogen and oxygen atoms in total. The molecule has 104 valence electrons. The lowest BCUT2D eigenvalue weighted by molar-refractivity contribution is -0.124. The van der Waals surface area contributed by atoms with Gasteiger partial charge in [0, 0.05) is 11.4 Å². The zero-order valence-electron chi connectivity index (χ0n) is 11.2. The molecule has 0 aromatic carbocycles. The molecule has 19 heavy (non-hydrogen) atoms. The van der Waals surface area contributed by atoms with Crippen molar-refractivity contribution in [3.05, 3.63) is 21.4 Å². The molecule has 1 aromatic rings. The standard InChI is InChI=1S/C14H19NO3S/c1-2-7-15-13(16)9-18-14(17)12-8-10-5-3-4-6-11(10)19-12/h8H,2-7,9H2,1H3,(H,15,16). The lowest BCUT2D eigenvalue weighted by Crippen LogP contribution is -2.29. The Kier molecular flexibility index (Phi) is 4.96. The molecule has 0 radical (unpaired) electrons. The number of ether oxygens (including phenoxy) is 1. The molecule has 0 fully saturated rings. The number of nitrogens with one attached hydrogen (secondary N) is 1. The van der Waals surface area contributed by atoms with Crippen LogP contribution in [0.1, 0.15) is 46.3 Å². The summed E-state index contributed by atoms with van der Waals surface area (Å²) in [5.41, 5.74) is 1.28. The van der Waals surface area contributed by atoms with Crippen LogP contribution in [0.15, 0.2) is 6.07 Å². The van der Waals surface area contributed by atoms with Gasteiger partial charge in [0.2, 0.25) is 0 Å². The fraction of sp³-hybridized carbons (Fsp3) is 0.571. The van der Waals surface area contributed by atoms with Crippen molar-refractivity contribution in [2.45, 2.75) is 39.0 Å². The number of thiophene rings is 1. The third-order valence-electron chi connectivity index (χ3n) is 3.10. The van der Waals surface area contributed by atoms with Gasteiger partial charge >= 0.3 is 5.97 Å². The predicted molar refractivity (Wildman–Crippen MR) is 74.5 cm³/mol. The smallest absolute Gasteiger partial charge is 0.348 e. The first-order chi connectivity index (χ1) is 9.20. The van der Waals surface area contributed by atoms with E-state index in [1.165, 1.54) is 34.6 Å². The van der Waals surface area contributed by atoms with Crippen molar-refractivity contribution >= 4 is 23.2 Å².